The van der Waals surface area contributed by atoms with Gasteiger partial charge in [-0.25, -0.2) is 9.50 Å². The zero-order valence-corrected chi connectivity index (χ0v) is 11.9. The molecule has 0 amide bonds. The van der Waals surface area contributed by atoms with E-state index < -0.39 is 0 Å². The second-order valence-corrected chi connectivity index (χ2v) is 5.41. The standard InChI is InChI=1S/C13H9BrClN3/c1-8-3-2-4-18-13(8)16-12(17-18)9-5-10(14)7-11(15)6-9/h2-7H,1H3. The molecule has 0 fully saturated rings. The highest BCUT2D eigenvalue weighted by Gasteiger charge is 2.09. The molecule has 1 aromatic carbocycles. The van der Waals surface area contributed by atoms with Gasteiger partial charge < -0.3 is 0 Å². The van der Waals surface area contributed by atoms with Gasteiger partial charge in [0, 0.05) is 21.3 Å². The van der Waals surface area contributed by atoms with Crippen LogP contribution in [0, 0.1) is 6.92 Å². The number of nitrogens with zero attached hydrogens (tertiary/aromatic N) is 3. The van der Waals surface area contributed by atoms with Crippen molar-refractivity contribution in [2.45, 2.75) is 6.92 Å². The van der Waals surface area contributed by atoms with Gasteiger partial charge in [0.05, 0.1) is 0 Å². The Morgan fingerprint density at radius 3 is 2.83 bits per heavy atom. The van der Waals surface area contributed by atoms with Crippen LogP contribution in [0.2, 0.25) is 5.02 Å². The van der Waals surface area contributed by atoms with Crippen LogP contribution in [0.1, 0.15) is 5.56 Å². The molecular weight excluding hydrogens is 314 g/mol. The summed E-state index contributed by atoms with van der Waals surface area (Å²) in [6.07, 6.45) is 1.89. The second-order valence-electron chi connectivity index (χ2n) is 4.05. The minimum atomic E-state index is 0.662. The zero-order chi connectivity index (χ0) is 12.7. The van der Waals surface area contributed by atoms with Crippen molar-refractivity contribution >= 4 is 33.2 Å². The molecule has 0 spiro atoms. The lowest BCUT2D eigenvalue weighted by Crippen LogP contribution is -1.87. The van der Waals surface area contributed by atoms with Crippen LogP contribution in [0.25, 0.3) is 17.0 Å². The van der Waals surface area contributed by atoms with E-state index in [1.165, 1.54) is 0 Å². The molecule has 0 aliphatic heterocycles. The van der Waals surface area contributed by atoms with Gasteiger partial charge >= 0.3 is 0 Å². The van der Waals surface area contributed by atoms with Crippen LogP contribution in [-0.2, 0) is 0 Å². The van der Waals surface area contributed by atoms with Gasteiger partial charge in [0.2, 0.25) is 0 Å². The Labute approximate surface area is 118 Å². The molecule has 90 valence electrons. The fourth-order valence-electron chi connectivity index (χ4n) is 1.84. The molecule has 0 aliphatic carbocycles. The van der Waals surface area contributed by atoms with E-state index >= 15 is 0 Å². The Morgan fingerprint density at radius 2 is 2.11 bits per heavy atom. The maximum Gasteiger partial charge on any atom is 0.182 e. The Hall–Kier alpha value is -1.39. The average Bonchev–Trinajstić information content (AvgIpc) is 2.73. The Kier molecular flexibility index (Phi) is 2.84. The number of pyridine rings is 1. The normalized spacial score (nSPS) is 11.1. The number of halogens is 2. The van der Waals surface area contributed by atoms with Crippen LogP contribution in [0.4, 0.5) is 0 Å². The first kappa shape index (κ1) is 11.7. The van der Waals surface area contributed by atoms with E-state index in [0.717, 1.165) is 21.2 Å². The maximum atomic E-state index is 6.04. The molecule has 2 aromatic heterocycles. The van der Waals surface area contributed by atoms with Crippen LogP contribution in [0.3, 0.4) is 0 Å². The van der Waals surface area contributed by atoms with Gasteiger partial charge in [-0.3, -0.25) is 0 Å². The van der Waals surface area contributed by atoms with Crippen molar-refractivity contribution in [3.05, 3.63) is 51.6 Å². The monoisotopic (exact) mass is 321 g/mol. The Morgan fingerprint density at radius 1 is 1.28 bits per heavy atom. The van der Waals surface area contributed by atoms with Crippen LogP contribution in [0.5, 0.6) is 0 Å². The maximum absolute atomic E-state index is 6.04. The van der Waals surface area contributed by atoms with Gasteiger partial charge in [-0.15, -0.1) is 5.10 Å². The number of hydrogen-bond donors (Lipinski definition) is 0. The first-order valence-corrected chi connectivity index (χ1v) is 6.59. The van der Waals surface area contributed by atoms with Crippen LogP contribution < -0.4 is 0 Å². The molecule has 18 heavy (non-hydrogen) atoms. The molecule has 0 saturated heterocycles. The molecular formula is C13H9BrClN3. The molecule has 0 unspecified atom stereocenters. The number of benzene rings is 1. The molecule has 0 radical (unpaired) electrons. The van der Waals surface area contributed by atoms with Gasteiger partial charge in [0.1, 0.15) is 0 Å². The van der Waals surface area contributed by atoms with Crippen molar-refractivity contribution in [1.82, 2.24) is 14.6 Å². The first-order valence-electron chi connectivity index (χ1n) is 5.42. The van der Waals surface area contributed by atoms with E-state index in [-0.39, 0.29) is 0 Å². The minimum Gasteiger partial charge on any atom is -0.220 e. The minimum absolute atomic E-state index is 0.662. The van der Waals surface area contributed by atoms with Gasteiger partial charge in [-0.05, 0) is 36.8 Å². The molecule has 0 N–H and O–H groups in total. The Bertz CT molecular complexity index is 716. The summed E-state index contributed by atoms with van der Waals surface area (Å²) in [4.78, 5) is 4.54. The highest BCUT2D eigenvalue weighted by Crippen LogP contribution is 2.26. The SMILES string of the molecule is Cc1cccn2nc(-c3cc(Cl)cc(Br)c3)nc12. The van der Waals surface area contributed by atoms with Crippen LogP contribution in [-0.4, -0.2) is 14.6 Å². The lowest BCUT2D eigenvalue weighted by molar-refractivity contribution is 0.960. The molecule has 0 atom stereocenters. The van der Waals surface area contributed by atoms with Crippen molar-refractivity contribution < 1.29 is 0 Å². The van der Waals surface area contributed by atoms with Gasteiger partial charge in [-0.2, -0.15) is 0 Å². The third kappa shape index (κ3) is 2.02. The third-order valence-electron chi connectivity index (χ3n) is 2.68. The molecule has 3 nitrogen and oxygen atoms in total. The summed E-state index contributed by atoms with van der Waals surface area (Å²) in [6.45, 7) is 2.02. The molecule has 0 aliphatic rings. The predicted octanol–water partition coefficient (Wildman–Crippen LogP) is 4.12. The number of aryl methyl sites for hydroxylation is 1. The summed E-state index contributed by atoms with van der Waals surface area (Å²) >= 11 is 9.46. The number of hydrogen-bond acceptors (Lipinski definition) is 2. The summed E-state index contributed by atoms with van der Waals surface area (Å²) in [5.41, 5.74) is 2.86. The van der Waals surface area contributed by atoms with E-state index in [1.54, 1.807) is 4.52 Å². The quantitative estimate of drug-likeness (QED) is 0.674. The summed E-state index contributed by atoms with van der Waals surface area (Å²) in [5, 5.41) is 5.11. The Balaban J connectivity index is 2.22. The zero-order valence-electron chi connectivity index (χ0n) is 9.56. The lowest BCUT2D eigenvalue weighted by atomic mass is 10.2. The number of aromatic nitrogens is 3. The summed E-state index contributed by atoms with van der Waals surface area (Å²) in [6, 6.07) is 9.62. The summed E-state index contributed by atoms with van der Waals surface area (Å²) in [7, 11) is 0. The highest BCUT2D eigenvalue weighted by molar-refractivity contribution is 9.10. The highest BCUT2D eigenvalue weighted by atomic mass is 79.9. The molecule has 3 aromatic rings. The van der Waals surface area contributed by atoms with Crippen molar-refractivity contribution in [3.8, 4) is 11.4 Å². The van der Waals surface area contributed by atoms with E-state index in [0.29, 0.717) is 10.8 Å². The fourth-order valence-corrected chi connectivity index (χ4v) is 2.70. The van der Waals surface area contributed by atoms with Crippen molar-refractivity contribution in [2.24, 2.45) is 0 Å². The number of fused-ring (bicyclic) bond motifs is 1. The summed E-state index contributed by atoms with van der Waals surface area (Å²) < 4.78 is 2.69. The van der Waals surface area contributed by atoms with Crippen molar-refractivity contribution in [3.63, 3.8) is 0 Å². The third-order valence-corrected chi connectivity index (χ3v) is 3.35. The molecule has 3 rings (SSSR count). The second kappa shape index (κ2) is 4.37. The van der Waals surface area contributed by atoms with E-state index in [4.69, 9.17) is 11.6 Å². The van der Waals surface area contributed by atoms with Crippen LogP contribution >= 0.6 is 27.5 Å². The molecule has 2 heterocycles. The first-order chi connectivity index (χ1) is 8.63. The average molecular weight is 323 g/mol. The van der Waals surface area contributed by atoms with Gasteiger partial charge in [-0.1, -0.05) is 33.6 Å². The van der Waals surface area contributed by atoms with Crippen molar-refractivity contribution in [1.29, 1.82) is 0 Å². The fraction of sp³-hybridized carbons (Fsp3) is 0.0769. The largest absolute Gasteiger partial charge is 0.220 e. The van der Waals surface area contributed by atoms with Gasteiger partial charge in [0.15, 0.2) is 11.5 Å². The molecule has 0 bridgehead atoms. The predicted molar refractivity (Wildman–Crippen MR) is 75.9 cm³/mol. The van der Waals surface area contributed by atoms with E-state index in [1.807, 2.05) is 43.5 Å². The molecule has 5 heteroatoms. The van der Waals surface area contributed by atoms with E-state index in [9.17, 15) is 0 Å². The van der Waals surface area contributed by atoms with Crippen LogP contribution in [0.15, 0.2) is 41.0 Å². The topological polar surface area (TPSA) is 30.2 Å². The number of rotatable bonds is 1. The summed E-state index contributed by atoms with van der Waals surface area (Å²) in [5.74, 6) is 0.674. The van der Waals surface area contributed by atoms with Gasteiger partial charge in [0.25, 0.3) is 0 Å². The smallest absolute Gasteiger partial charge is 0.182 e. The van der Waals surface area contributed by atoms with E-state index in [2.05, 4.69) is 26.0 Å². The van der Waals surface area contributed by atoms with Crippen molar-refractivity contribution in [2.75, 3.05) is 0 Å². The molecule has 0 saturated carbocycles. The lowest BCUT2D eigenvalue weighted by Gasteiger charge is -1.97.